The van der Waals surface area contributed by atoms with Crippen LogP contribution in [0.5, 0.6) is 5.75 Å². The molecule has 0 unspecified atom stereocenters. The SMILES string of the molecule is Fc1ccc(NC(=S)NCCOc2cccc3ccccc23)cc1. The zero-order valence-electron chi connectivity index (χ0n) is 13.0. The second-order valence-corrected chi connectivity index (χ2v) is 5.62. The summed E-state index contributed by atoms with van der Waals surface area (Å²) in [5.41, 5.74) is 0.740. The van der Waals surface area contributed by atoms with Crippen LogP contribution in [0, 0.1) is 5.82 Å². The van der Waals surface area contributed by atoms with Crippen molar-refractivity contribution in [1.29, 1.82) is 0 Å². The van der Waals surface area contributed by atoms with Gasteiger partial charge in [0.05, 0.1) is 6.54 Å². The molecule has 2 N–H and O–H groups in total. The molecule has 0 aliphatic rings. The highest BCUT2D eigenvalue weighted by Gasteiger charge is 2.02. The Morgan fingerprint density at radius 2 is 1.71 bits per heavy atom. The molecule has 3 nitrogen and oxygen atoms in total. The first kappa shape index (κ1) is 16.2. The molecular weight excluding hydrogens is 323 g/mol. The van der Waals surface area contributed by atoms with Gasteiger partial charge in [0.2, 0.25) is 0 Å². The van der Waals surface area contributed by atoms with E-state index in [2.05, 4.69) is 22.8 Å². The van der Waals surface area contributed by atoms with Crippen LogP contribution in [0.15, 0.2) is 66.7 Å². The van der Waals surface area contributed by atoms with Crippen molar-refractivity contribution in [2.75, 3.05) is 18.5 Å². The van der Waals surface area contributed by atoms with Gasteiger partial charge in [-0.2, -0.15) is 0 Å². The number of hydrogen-bond donors (Lipinski definition) is 2. The lowest BCUT2D eigenvalue weighted by Crippen LogP contribution is -2.31. The van der Waals surface area contributed by atoms with Gasteiger partial charge in [0.25, 0.3) is 0 Å². The Morgan fingerprint density at radius 1 is 0.958 bits per heavy atom. The molecule has 3 aromatic carbocycles. The summed E-state index contributed by atoms with van der Waals surface area (Å²) in [4.78, 5) is 0. The normalized spacial score (nSPS) is 10.4. The van der Waals surface area contributed by atoms with E-state index >= 15 is 0 Å². The Balaban J connectivity index is 1.48. The summed E-state index contributed by atoms with van der Waals surface area (Å²) in [6.45, 7) is 1.05. The lowest BCUT2D eigenvalue weighted by atomic mass is 10.1. The number of fused-ring (bicyclic) bond motifs is 1. The van der Waals surface area contributed by atoms with Crippen molar-refractivity contribution in [3.8, 4) is 5.75 Å². The molecule has 0 spiro atoms. The molecule has 3 rings (SSSR count). The molecule has 0 aliphatic carbocycles. The fourth-order valence-corrected chi connectivity index (χ4v) is 2.58. The van der Waals surface area contributed by atoms with Crippen molar-refractivity contribution in [3.63, 3.8) is 0 Å². The summed E-state index contributed by atoms with van der Waals surface area (Å²) >= 11 is 5.20. The molecule has 0 saturated heterocycles. The minimum atomic E-state index is -0.275. The lowest BCUT2D eigenvalue weighted by molar-refractivity contribution is 0.326. The maximum atomic E-state index is 12.9. The Hall–Kier alpha value is -2.66. The number of rotatable bonds is 5. The third-order valence-electron chi connectivity index (χ3n) is 3.50. The molecule has 0 atom stereocenters. The quantitative estimate of drug-likeness (QED) is 0.535. The minimum absolute atomic E-state index is 0.275. The predicted octanol–water partition coefficient (Wildman–Crippen LogP) is 4.34. The number of halogens is 1. The number of nitrogens with one attached hydrogen (secondary N) is 2. The maximum Gasteiger partial charge on any atom is 0.170 e. The molecule has 122 valence electrons. The van der Waals surface area contributed by atoms with Crippen LogP contribution in [-0.4, -0.2) is 18.3 Å². The van der Waals surface area contributed by atoms with Crippen LogP contribution in [0.1, 0.15) is 0 Å². The third kappa shape index (κ3) is 4.20. The van der Waals surface area contributed by atoms with Crippen molar-refractivity contribution in [2.45, 2.75) is 0 Å². The second kappa shape index (κ2) is 7.75. The number of benzene rings is 3. The molecule has 0 radical (unpaired) electrons. The highest BCUT2D eigenvalue weighted by molar-refractivity contribution is 7.80. The van der Waals surface area contributed by atoms with Crippen LogP contribution in [0.3, 0.4) is 0 Å². The first-order valence-corrected chi connectivity index (χ1v) is 8.04. The van der Waals surface area contributed by atoms with Crippen LogP contribution < -0.4 is 15.4 Å². The van der Waals surface area contributed by atoms with E-state index in [4.69, 9.17) is 17.0 Å². The first-order chi connectivity index (χ1) is 11.7. The number of hydrogen-bond acceptors (Lipinski definition) is 2. The monoisotopic (exact) mass is 340 g/mol. The number of ether oxygens (including phenoxy) is 1. The molecule has 0 fully saturated rings. The Bertz CT molecular complexity index is 831. The Kier molecular flexibility index (Phi) is 5.23. The van der Waals surface area contributed by atoms with Gasteiger partial charge in [-0.15, -0.1) is 0 Å². The van der Waals surface area contributed by atoms with E-state index in [0.29, 0.717) is 18.3 Å². The van der Waals surface area contributed by atoms with E-state index in [9.17, 15) is 4.39 Å². The first-order valence-electron chi connectivity index (χ1n) is 7.63. The Labute approximate surface area is 145 Å². The average molecular weight is 340 g/mol. The van der Waals surface area contributed by atoms with E-state index in [1.165, 1.54) is 12.1 Å². The van der Waals surface area contributed by atoms with Crippen LogP contribution in [0.25, 0.3) is 10.8 Å². The van der Waals surface area contributed by atoms with Gasteiger partial charge in [0.15, 0.2) is 5.11 Å². The van der Waals surface area contributed by atoms with Crippen LogP contribution in [0.2, 0.25) is 0 Å². The van der Waals surface area contributed by atoms with E-state index in [1.54, 1.807) is 12.1 Å². The number of anilines is 1. The molecule has 0 heterocycles. The molecule has 0 aliphatic heterocycles. The van der Waals surface area contributed by atoms with Gasteiger partial charge in [0, 0.05) is 11.1 Å². The third-order valence-corrected chi connectivity index (χ3v) is 3.74. The molecular formula is C19H17FN2OS. The topological polar surface area (TPSA) is 33.3 Å². The fourth-order valence-electron chi connectivity index (χ4n) is 2.36. The van der Waals surface area contributed by atoms with Crippen molar-refractivity contribution in [1.82, 2.24) is 5.32 Å². The van der Waals surface area contributed by atoms with Crippen molar-refractivity contribution in [3.05, 3.63) is 72.5 Å². The van der Waals surface area contributed by atoms with Crippen LogP contribution in [0.4, 0.5) is 10.1 Å². The average Bonchev–Trinajstić information content (AvgIpc) is 2.61. The molecule has 0 amide bonds. The second-order valence-electron chi connectivity index (χ2n) is 5.21. The highest BCUT2D eigenvalue weighted by atomic mass is 32.1. The van der Waals surface area contributed by atoms with Gasteiger partial charge >= 0.3 is 0 Å². The van der Waals surface area contributed by atoms with Gasteiger partial charge in [-0.25, -0.2) is 4.39 Å². The van der Waals surface area contributed by atoms with Gasteiger partial charge in [-0.3, -0.25) is 0 Å². The minimum Gasteiger partial charge on any atom is -0.491 e. The lowest BCUT2D eigenvalue weighted by Gasteiger charge is -2.12. The van der Waals surface area contributed by atoms with Crippen molar-refractivity contribution < 1.29 is 9.13 Å². The smallest absolute Gasteiger partial charge is 0.170 e. The zero-order valence-corrected chi connectivity index (χ0v) is 13.8. The molecule has 0 saturated carbocycles. The largest absolute Gasteiger partial charge is 0.491 e. The van der Waals surface area contributed by atoms with E-state index < -0.39 is 0 Å². The van der Waals surface area contributed by atoms with E-state index in [1.807, 2.05) is 30.3 Å². The van der Waals surface area contributed by atoms with E-state index in [0.717, 1.165) is 22.2 Å². The zero-order chi connectivity index (χ0) is 16.8. The number of thiocarbonyl (C=S) groups is 1. The Morgan fingerprint density at radius 3 is 2.54 bits per heavy atom. The summed E-state index contributed by atoms with van der Waals surface area (Å²) in [5.74, 6) is 0.579. The molecule has 0 aromatic heterocycles. The molecule has 0 bridgehead atoms. The fraction of sp³-hybridized carbons (Fsp3) is 0.105. The molecule has 24 heavy (non-hydrogen) atoms. The summed E-state index contributed by atoms with van der Waals surface area (Å²) in [5, 5.41) is 8.78. The predicted molar refractivity (Wildman–Crippen MR) is 100 cm³/mol. The standard InChI is InChI=1S/C19H17FN2OS/c20-15-8-10-16(11-9-15)22-19(24)21-12-13-23-18-7-3-5-14-4-1-2-6-17(14)18/h1-11H,12-13H2,(H2,21,22,24). The van der Waals surface area contributed by atoms with Gasteiger partial charge < -0.3 is 15.4 Å². The van der Waals surface area contributed by atoms with Gasteiger partial charge in [-0.05, 0) is 47.9 Å². The molecule has 3 aromatic rings. The van der Waals surface area contributed by atoms with Crippen LogP contribution >= 0.6 is 12.2 Å². The molecule has 5 heteroatoms. The van der Waals surface area contributed by atoms with Gasteiger partial charge in [0.1, 0.15) is 18.2 Å². The summed E-state index contributed by atoms with van der Waals surface area (Å²) < 4.78 is 18.7. The summed E-state index contributed by atoms with van der Waals surface area (Å²) in [6.07, 6.45) is 0. The van der Waals surface area contributed by atoms with Crippen molar-refractivity contribution in [2.24, 2.45) is 0 Å². The van der Waals surface area contributed by atoms with Crippen molar-refractivity contribution >= 4 is 33.8 Å². The highest BCUT2D eigenvalue weighted by Crippen LogP contribution is 2.24. The summed E-state index contributed by atoms with van der Waals surface area (Å²) in [7, 11) is 0. The summed E-state index contributed by atoms with van der Waals surface area (Å²) in [6, 6.07) is 20.1. The maximum absolute atomic E-state index is 12.9. The van der Waals surface area contributed by atoms with E-state index in [-0.39, 0.29) is 5.82 Å². The van der Waals surface area contributed by atoms with Crippen LogP contribution in [-0.2, 0) is 0 Å². The van der Waals surface area contributed by atoms with Gasteiger partial charge in [-0.1, -0.05) is 36.4 Å².